The minimum absolute atomic E-state index is 0.582. The first-order chi connectivity index (χ1) is 7.04. The normalized spacial score (nSPS) is 25.9. The van der Waals surface area contributed by atoms with Crippen LogP contribution in [0.5, 0.6) is 0 Å². The van der Waals surface area contributed by atoms with Crippen molar-refractivity contribution in [2.45, 2.75) is 52.1 Å². The zero-order chi connectivity index (χ0) is 11.4. The number of hydrogen-bond acceptors (Lipinski definition) is 3. The van der Waals surface area contributed by atoms with E-state index in [4.69, 9.17) is 5.84 Å². The molecule has 0 saturated heterocycles. The van der Waals surface area contributed by atoms with Gasteiger partial charge < -0.3 is 10.3 Å². The second-order valence-electron chi connectivity index (χ2n) is 4.89. The van der Waals surface area contributed by atoms with Gasteiger partial charge in [-0.15, -0.1) is 0 Å². The second-order valence-corrected chi connectivity index (χ2v) is 4.89. The second kappa shape index (κ2) is 5.52. The Morgan fingerprint density at radius 1 is 1.60 bits per heavy atom. The van der Waals surface area contributed by atoms with Crippen molar-refractivity contribution in [3.05, 3.63) is 11.8 Å². The molecule has 3 nitrogen and oxygen atoms in total. The van der Waals surface area contributed by atoms with Crippen LogP contribution in [0.2, 0.25) is 0 Å². The van der Waals surface area contributed by atoms with Crippen molar-refractivity contribution in [3.8, 4) is 0 Å². The molecule has 1 aliphatic rings. The number of rotatable bonds is 6. The molecule has 1 rings (SSSR count). The lowest BCUT2D eigenvalue weighted by Gasteiger charge is -2.12. The smallest absolute Gasteiger partial charge is 0.0222 e. The maximum Gasteiger partial charge on any atom is 0.0222 e. The van der Waals surface area contributed by atoms with Crippen molar-refractivity contribution in [2.24, 2.45) is 11.8 Å². The third-order valence-electron chi connectivity index (χ3n) is 2.72. The van der Waals surface area contributed by atoms with Crippen LogP contribution < -0.4 is 11.2 Å². The molecule has 0 bridgehead atoms. The summed E-state index contributed by atoms with van der Waals surface area (Å²) in [6, 6.07) is 1.27. The molecule has 0 aromatic carbocycles. The van der Waals surface area contributed by atoms with Gasteiger partial charge >= 0.3 is 0 Å². The number of hydrogen-bond donors (Lipinski definition) is 2. The molecule has 3 N–H and O–H groups in total. The van der Waals surface area contributed by atoms with E-state index in [0.29, 0.717) is 12.1 Å². The summed E-state index contributed by atoms with van der Waals surface area (Å²) in [6.07, 6.45) is 5.74. The molecule has 2 unspecified atom stereocenters. The Bertz CT molecular complexity index is 221. The van der Waals surface area contributed by atoms with Crippen LogP contribution in [0.15, 0.2) is 11.8 Å². The van der Waals surface area contributed by atoms with Gasteiger partial charge in [0, 0.05) is 25.3 Å². The van der Waals surface area contributed by atoms with Crippen molar-refractivity contribution in [2.75, 3.05) is 7.05 Å². The van der Waals surface area contributed by atoms with Gasteiger partial charge in [-0.25, -0.2) is 5.84 Å². The van der Waals surface area contributed by atoms with Gasteiger partial charge in [0.2, 0.25) is 0 Å². The fourth-order valence-corrected chi connectivity index (χ4v) is 2.11. The van der Waals surface area contributed by atoms with Crippen LogP contribution in [0.1, 0.15) is 40.0 Å². The topological polar surface area (TPSA) is 41.3 Å². The van der Waals surface area contributed by atoms with Crippen LogP contribution in [0.25, 0.3) is 0 Å². The lowest BCUT2D eigenvalue weighted by molar-refractivity contribution is 0.471. The lowest BCUT2D eigenvalue weighted by atomic mass is 10.1. The van der Waals surface area contributed by atoms with E-state index >= 15 is 0 Å². The third kappa shape index (κ3) is 4.22. The van der Waals surface area contributed by atoms with Gasteiger partial charge in [-0.2, -0.15) is 0 Å². The zero-order valence-corrected chi connectivity index (χ0v) is 10.5. The highest BCUT2D eigenvalue weighted by Gasteiger charge is 2.39. The van der Waals surface area contributed by atoms with Gasteiger partial charge in [-0.3, -0.25) is 0 Å². The minimum atomic E-state index is 0.582. The van der Waals surface area contributed by atoms with E-state index in [1.807, 2.05) is 7.05 Å². The molecule has 0 heterocycles. The van der Waals surface area contributed by atoms with Crippen LogP contribution >= 0.6 is 0 Å². The van der Waals surface area contributed by atoms with E-state index < -0.39 is 0 Å². The standard InChI is InChI=1S/C12H25N3/c1-5-6-10(8-15(4)13)11-7-12(11)14-9(2)3/h8-9,11-12,14H,5-7,13H2,1-4H3/b10-8+. The molecule has 0 aromatic rings. The first-order valence-electron chi connectivity index (χ1n) is 5.98. The average molecular weight is 211 g/mol. The largest absolute Gasteiger partial charge is 0.321 e. The van der Waals surface area contributed by atoms with Gasteiger partial charge in [0.15, 0.2) is 0 Å². The Labute approximate surface area is 93.7 Å². The van der Waals surface area contributed by atoms with Gasteiger partial charge in [-0.05, 0) is 24.3 Å². The van der Waals surface area contributed by atoms with Gasteiger partial charge in [0.25, 0.3) is 0 Å². The summed E-state index contributed by atoms with van der Waals surface area (Å²) in [6.45, 7) is 6.62. The van der Waals surface area contributed by atoms with Crippen LogP contribution in [-0.4, -0.2) is 24.1 Å². The lowest BCUT2D eigenvalue weighted by Crippen LogP contribution is -2.27. The van der Waals surface area contributed by atoms with E-state index in [-0.39, 0.29) is 0 Å². The number of nitrogens with two attached hydrogens (primary N) is 1. The number of nitrogens with one attached hydrogen (secondary N) is 1. The molecule has 3 heteroatoms. The maximum absolute atomic E-state index is 5.67. The highest BCUT2D eigenvalue weighted by molar-refractivity contribution is 5.18. The molecule has 0 aliphatic heterocycles. The molecule has 1 fully saturated rings. The van der Waals surface area contributed by atoms with E-state index in [1.54, 1.807) is 5.01 Å². The Kier molecular flexibility index (Phi) is 4.61. The number of hydrazine groups is 1. The summed E-state index contributed by atoms with van der Waals surface area (Å²) in [5.74, 6) is 6.39. The van der Waals surface area contributed by atoms with Crippen LogP contribution in [-0.2, 0) is 0 Å². The Balaban J connectivity index is 2.46. The summed E-state index contributed by atoms with van der Waals surface area (Å²) < 4.78 is 0. The first kappa shape index (κ1) is 12.5. The summed E-state index contributed by atoms with van der Waals surface area (Å²) in [5, 5.41) is 5.26. The molecule has 2 atom stereocenters. The summed E-state index contributed by atoms with van der Waals surface area (Å²) in [7, 11) is 1.89. The van der Waals surface area contributed by atoms with Crippen molar-refractivity contribution >= 4 is 0 Å². The summed E-state index contributed by atoms with van der Waals surface area (Å²) in [4.78, 5) is 0. The maximum atomic E-state index is 5.67. The van der Waals surface area contributed by atoms with Crippen molar-refractivity contribution in [1.82, 2.24) is 10.3 Å². The van der Waals surface area contributed by atoms with E-state index in [0.717, 1.165) is 5.92 Å². The molecule has 0 aromatic heterocycles. The van der Waals surface area contributed by atoms with Crippen molar-refractivity contribution < 1.29 is 0 Å². The Hall–Kier alpha value is -0.540. The monoisotopic (exact) mass is 211 g/mol. The van der Waals surface area contributed by atoms with Gasteiger partial charge in [-0.1, -0.05) is 27.2 Å². The Morgan fingerprint density at radius 3 is 2.73 bits per heavy atom. The van der Waals surface area contributed by atoms with Gasteiger partial charge in [0.05, 0.1) is 0 Å². The molecular formula is C12H25N3. The van der Waals surface area contributed by atoms with E-state index in [1.165, 1.54) is 24.8 Å². The highest BCUT2D eigenvalue weighted by atomic mass is 15.4. The highest BCUT2D eigenvalue weighted by Crippen LogP contribution is 2.39. The first-order valence-corrected chi connectivity index (χ1v) is 5.98. The predicted octanol–water partition coefficient (Wildman–Crippen LogP) is 1.86. The van der Waals surface area contributed by atoms with E-state index in [2.05, 4.69) is 32.3 Å². The fourth-order valence-electron chi connectivity index (χ4n) is 2.11. The minimum Gasteiger partial charge on any atom is -0.321 e. The molecule has 1 saturated carbocycles. The molecule has 0 radical (unpaired) electrons. The fraction of sp³-hybridized carbons (Fsp3) is 0.833. The molecular weight excluding hydrogens is 186 g/mol. The molecule has 88 valence electrons. The van der Waals surface area contributed by atoms with E-state index in [9.17, 15) is 0 Å². The Morgan fingerprint density at radius 2 is 2.27 bits per heavy atom. The van der Waals surface area contributed by atoms with Crippen molar-refractivity contribution in [1.29, 1.82) is 0 Å². The molecule has 1 aliphatic carbocycles. The summed E-state index contributed by atoms with van der Waals surface area (Å²) >= 11 is 0. The zero-order valence-electron chi connectivity index (χ0n) is 10.5. The third-order valence-corrected chi connectivity index (χ3v) is 2.72. The predicted molar refractivity (Wildman–Crippen MR) is 65.1 cm³/mol. The van der Waals surface area contributed by atoms with Crippen LogP contribution in [0, 0.1) is 5.92 Å². The molecule has 0 spiro atoms. The summed E-state index contributed by atoms with van der Waals surface area (Å²) in [5.41, 5.74) is 1.50. The SMILES string of the molecule is CCC/C(=C\N(C)N)C1CC1NC(C)C. The quantitative estimate of drug-likeness (QED) is 0.520. The number of nitrogens with zero attached hydrogens (tertiary/aromatic N) is 1. The molecule has 15 heavy (non-hydrogen) atoms. The van der Waals surface area contributed by atoms with Crippen molar-refractivity contribution in [3.63, 3.8) is 0 Å². The van der Waals surface area contributed by atoms with Crippen LogP contribution in [0.4, 0.5) is 0 Å². The average Bonchev–Trinajstić information content (AvgIpc) is 2.81. The van der Waals surface area contributed by atoms with Gasteiger partial charge in [0.1, 0.15) is 0 Å². The molecule has 0 amide bonds. The van der Waals surface area contributed by atoms with Crippen LogP contribution in [0.3, 0.4) is 0 Å².